The third kappa shape index (κ3) is 4.03. The van der Waals surface area contributed by atoms with Gasteiger partial charge in [0.25, 0.3) is 0 Å². The second kappa shape index (κ2) is 6.19. The van der Waals surface area contributed by atoms with Crippen molar-refractivity contribution in [2.45, 2.75) is 13.8 Å². The first-order chi connectivity index (χ1) is 8.04. The number of anilines is 1. The standard InChI is InChI=1S/C10H15N3O3S/c1-6(2)4-16-9(14)8(13-15-3)7-5-17-10(11)12-7/h5-6H,4H2,1-3H3,(H2,11,12). The Labute approximate surface area is 103 Å². The van der Waals surface area contributed by atoms with Crippen LogP contribution in [0.15, 0.2) is 10.5 Å². The maximum atomic E-state index is 11.7. The molecule has 2 N–H and O–H groups in total. The molecule has 1 aromatic heterocycles. The van der Waals surface area contributed by atoms with E-state index >= 15 is 0 Å². The Hall–Kier alpha value is -1.63. The highest BCUT2D eigenvalue weighted by Crippen LogP contribution is 2.13. The Morgan fingerprint density at radius 1 is 1.65 bits per heavy atom. The molecule has 0 saturated carbocycles. The van der Waals surface area contributed by atoms with Gasteiger partial charge in [0.05, 0.1) is 6.61 Å². The molecule has 1 heterocycles. The lowest BCUT2D eigenvalue weighted by Gasteiger charge is -2.07. The molecule has 0 aliphatic heterocycles. The molecule has 0 aliphatic rings. The van der Waals surface area contributed by atoms with Gasteiger partial charge in [-0.2, -0.15) is 0 Å². The molecule has 6 nitrogen and oxygen atoms in total. The zero-order chi connectivity index (χ0) is 12.8. The average molecular weight is 257 g/mol. The molecule has 1 aromatic rings. The molecule has 0 bridgehead atoms. The Bertz CT molecular complexity index is 415. The van der Waals surface area contributed by atoms with Crippen LogP contribution < -0.4 is 5.73 Å². The Morgan fingerprint density at radius 3 is 2.82 bits per heavy atom. The number of nitrogen functional groups attached to an aromatic ring is 1. The van der Waals surface area contributed by atoms with Gasteiger partial charge in [-0.3, -0.25) is 0 Å². The summed E-state index contributed by atoms with van der Waals surface area (Å²) in [5.74, 6) is -0.311. The maximum Gasteiger partial charge on any atom is 0.362 e. The molecular weight excluding hydrogens is 242 g/mol. The highest BCUT2D eigenvalue weighted by molar-refractivity contribution is 7.13. The van der Waals surface area contributed by atoms with E-state index in [4.69, 9.17) is 10.5 Å². The van der Waals surface area contributed by atoms with Crippen molar-refractivity contribution in [2.75, 3.05) is 19.5 Å². The van der Waals surface area contributed by atoms with Gasteiger partial charge in [0.2, 0.25) is 5.71 Å². The SMILES string of the molecule is CON=C(C(=O)OCC(C)C)c1csc(N)n1. The fourth-order valence-corrected chi connectivity index (χ4v) is 1.53. The van der Waals surface area contributed by atoms with Crippen LogP contribution in [0.25, 0.3) is 0 Å². The largest absolute Gasteiger partial charge is 0.461 e. The topological polar surface area (TPSA) is 86.8 Å². The van der Waals surface area contributed by atoms with Crippen LogP contribution in [0.1, 0.15) is 19.5 Å². The molecule has 94 valence electrons. The van der Waals surface area contributed by atoms with E-state index in [0.29, 0.717) is 17.4 Å². The molecule has 0 unspecified atom stereocenters. The monoisotopic (exact) mass is 257 g/mol. The lowest BCUT2D eigenvalue weighted by molar-refractivity contribution is -0.136. The van der Waals surface area contributed by atoms with Crippen molar-refractivity contribution in [2.24, 2.45) is 11.1 Å². The minimum Gasteiger partial charge on any atom is -0.461 e. The maximum absolute atomic E-state index is 11.7. The molecule has 0 amide bonds. The summed E-state index contributed by atoms with van der Waals surface area (Å²) in [6.07, 6.45) is 0. The van der Waals surface area contributed by atoms with Crippen molar-refractivity contribution >= 4 is 28.1 Å². The Balaban J connectivity index is 2.80. The summed E-state index contributed by atoms with van der Waals surface area (Å²) >= 11 is 1.22. The summed E-state index contributed by atoms with van der Waals surface area (Å²) in [5, 5.41) is 5.61. The average Bonchev–Trinajstić information content (AvgIpc) is 2.69. The number of aromatic nitrogens is 1. The summed E-state index contributed by atoms with van der Waals surface area (Å²) in [6, 6.07) is 0. The van der Waals surface area contributed by atoms with Crippen LogP contribution in [0, 0.1) is 5.92 Å². The predicted octanol–water partition coefficient (Wildman–Crippen LogP) is 1.28. The van der Waals surface area contributed by atoms with E-state index in [1.165, 1.54) is 18.4 Å². The fourth-order valence-electron chi connectivity index (χ4n) is 0.987. The number of oxime groups is 1. The quantitative estimate of drug-likeness (QED) is 0.487. The molecular formula is C10H15N3O3S. The van der Waals surface area contributed by atoms with E-state index in [1.807, 2.05) is 13.8 Å². The number of nitrogens with two attached hydrogens (primary N) is 1. The molecule has 0 atom stereocenters. The van der Waals surface area contributed by atoms with Crippen molar-refractivity contribution in [1.82, 2.24) is 4.98 Å². The van der Waals surface area contributed by atoms with Gasteiger partial charge in [-0.25, -0.2) is 9.78 Å². The summed E-state index contributed by atoms with van der Waals surface area (Å²) in [4.78, 5) is 20.3. The Morgan fingerprint density at radius 2 is 2.35 bits per heavy atom. The van der Waals surface area contributed by atoms with Crippen LogP contribution in [0.4, 0.5) is 5.13 Å². The van der Waals surface area contributed by atoms with Crippen molar-refractivity contribution in [3.8, 4) is 0 Å². The number of thiazole rings is 1. The minimum absolute atomic E-state index is 0.0288. The highest BCUT2D eigenvalue weighted by Gasteiger charge is 2.20. The van der Waals surface area contributed by atoms with Gasteiger partial charge in [-0.05, 0) is 5.92 Å². The highest BCUT2D eigenvalue weighted by atomic mass is 32.1. The van der Waals surface area contributed by atoms with Gasteiger partial charge in [0.1, 0.15) is 12.8 Å². The van der Waals surface area contributed by atoms with Gasteiger partial charge in [-0.15, -0.1) is 11.3 Å². The van der Waals surface area contributed by atoms with E-state index in [-0.39, 0.29) is 11.6 Å². The van der Waals surface area contributed by atoms with E-state index < -0.39 is 5.97 Å². The number of hydrogen-bond acceptors (Lipinski definition) is 7. The van der Waals surface area contributed by atoms with Crippen LogP contribution in [-0.4, -0.2) is 30.4 Å². The third-order valence-electron chi connectivity index (χ3n) is 1.69. The third-order valence-corrected chi connectivity index (χ3v) is 2.36. The summed E-state index contributed by atoms with van der Waals surface area (Å²) < 4.78 is 5.06. The molecule has 0 saturated heterocycles. The van der Waals surface area contributed by atoms with Crippen molar-refractivity contribution in [3.63, 3.8) is 0 Å². The molecule has 1 rings (SSSR count). The van der Waals surface area contributed by atoms with E-state index in [0.717, 1.165) is 0 Å². The molecule has 0 spiro atoms. The lowest BCUT2D eigenvalue weighted by atomic mass is 10.2. The van der Waals surface area contributed by atoms with Crippen LogP contribution in [0.5, 0.6) is 0 Å². The van der Waals surface area contributed by atoms with Crippen molar-refractivity contribution in [3.05, 3.63) is 11.1 Å². The van der Waals surface area contributed by atoms with Gasteiger partial charge in [0.15, 0.2) is 5.13 Å². The lowest BCUT2D eigenvalue weighted by Crippen LogP contribution is -2.21. The first-order valence-corrected chi connectivity index (χ1v) is 5.92. The van der Waals surface area contributed by atoms with E-state index in [2.05, 4.69) is 15.0 Å². The Kier molecular flexibility index (Phi) is 4.89. The second-order valence-corrected chi connectivity index (χ2v) is 4.58. The fraction of sp³-hybridized carbons (Fsp3) is 0.500. The van der Waals surface area contributed by atoms with Crippen LogP contribution in [0.3, 0.4) is 0 Å². The van der Waals surface area contributed by atoms with Crippen LogP contribution in [0.2, 0.25) is 0 Å². The first kappa shape index (κ1) is 13.4. The van der Waals surface area contributed by atoms with Crippen LogP contribution >= 0.6 is 11.3 Å². The minimum atomic E-state index is -0.564. The summed E-state index contributed by atoms with van der Waals surface area (Å²) in [6.45, 7) is 4.21. The normalized spacial score (nSPS) is 11.6. The summed E-state index contributed by atoms with van der Waals surface area (Å²) in [7, 11) is 1.35. The van der Waals surface area contributed by atoms with Gasteiger partial charge in [0, 0.05) is 5.38 Å². The van der Waals surface area contributed by atoms with Crippen molar-refractivity contribution < 1.29 is 14.4 Å². The van der Waals surface area contributed by atoms with Crippen molar-refractivity contribution in [1.29, 1.82) is 0 Å². The number of esters is 1. The van der Waals surface area contributed by atoms with E-state index in [1.54, 1.807) is 5.38 Å². The molecule has 0 fully saturated rings. The number of ether oxygens (including phenoxy) is 1. The first-order valence-electron chi connectivity index (χ1n) is 5.04. The zero-order valence-electron chi connectivity index (χ0n) is 9.97. The molecule has 0 radical (unpaired) electrons. The van der Waals surface area contributed by atoms with Crippen LogP contribution in [-0.2, 0) is 14.4 Å². The number of nitrogens with zero attached hydrogens (tertiary/aromatic N) is 2. The number of hydrogen-bond donors (Lipinski definition) is 1. The molecule has 0 aliphatic carbocycles. The van der Waals surface area contributed by atoms with Gasteiger partial charge in [-0.1, -0.05) is 19.0 Å². The molecule has 7 heteroatoms. The number of rotatable bonds is 5. The van der Waals surface area contributed by atoms with E-state index in [9.17, 15) is 4.79 Å². The summed E-state index contributed by atoms with van der Waals surface area (Å²) in [5.41, 5.74) is 5.89. The number of carbonyl (C=O) groups excluding carboxylic acids is 1. The predicted molar refractivity (Wildman–Crippen MR) is 65.9 cm³/mol. The number of carbonyl (C=O) groups is 1. The molecule has 17 heavy (non-hydrogen) atoms. The van der Waals surface area contributed by atoms with Gasteiger partial charge < -0.3 is 15.3 Å². The zero-order valence-corrected chi connectivity index (χ0v) is 10.8. The molecule has 0 aromatic carbocycles. The second-order valence-electron chi connectivity index (χ2n) is 3.69. The van der Waals surface area contributed by atoms with Gasteiger partial charge >= 0.3 is 5.97 Å². The smallest absolute Gasteiger partial charge is 0.362 e.